The molecule has 5 nitrogen and oxygen atoms in total. The summed E-state index contributed by atoms with van der Waals surface area (Å²) in [5.41, 5.74) is 6.29. The number of benzene rings is 1. The quantitative estimate of drug-likeness (QED) is 0.465. The maximum atomic E-state index is 11.5. The smallest absolute Gasteiger partial charge is 0.223 e. The van der Waals surface area contributed by atoms with Crippen molar-refractivity contribution in [1.82, 2.24) is 5.32 Å². The van der Waals surface area contributed by atoms with Gasteiger partial charge in [-0.2, -0.15) is 0 Å². The summed E-state index contributed by atoms with van der Waals surface area (Å²) in [5, 5.41) is 11.4. The van der Waals surface area contributed by atoms with Gasteiger partial charge >= 0.3 is 0 Å². The van der Waals surface area contributed by atoms with Crippen LogP contribution in [-0.2, 0) is 4.79 Å². The number of nitrogens with two attached hydrogens (primary N) is 1. The summed E-state index contributed by atoms with van der Waals surface area (Å²) in [5.74, 6) is 0.580. The zero-order chi connectivity index (χ0) is 13.9. The number of carbonyl (C=O) groups is 1. The van der Waals surface area contributed by atoms with Gasteiger partial charge in [-0.05, 0) is 31.4 Å². The lowest BCUT2D eigenvalue weighted by Gasteiger charge is -2.08. The standard InChI is InChI=1S/C14H22N2O3/c15-12-6-2-3-7-13(12)19-11-8-14(18)16-9-4-1-5-10-17/h2-3,6-7,17H,1,4-5,8-11,15H2,(H,16,18). The summed E-state index contributed by atoms with van der Waals surface area (Å²) >= 11 is 0. The number of anilines is 1. The normalized spacial score (nSPS) is 10.2. The molecule has 0 saturated carbocycles. The van der Waals surface area contributed by atoms with Crippen molar-refractivity contribution in [1.29, 1.82) is 0 Å². The van der Waals surface area contributed by atoms with Crippen molar-refractivity contribution in [3.05, 3.63) is 24.3 Å². The number of para-hydroxylation sites is 2. The Hall–Kier alpha value is -1.75. The van der Waals surface area contributed by atoms with Crippen LogP contribution in [0.25, 0.3) is 0 Å². The minimum atomic E-state index is -0.0292. The first kappa shape index (κ1) is 15.3. The molecule has 0 spiro atoms. The van der Waals surface area contributed by atoms with Crippen LogP contribution in [0.3, 0.4) is 0 Å². The predicted octanol–water partition coefficient (Wildman–Crippen LogP) is 1.32. The second kappa shape index (κ2) is 9.22. The summed E-state index contributed by atoms with van der Waals surface area (Å²) < 4.78 is 5.43. The lowest BCUT2D eigenvalue weighted by Crippen LogP contribution is -2.26. The number of hydrogen-bond acceptors (Lipinski definition) is 4. The molecule has 0 saturated heterocycles. The molecule has 1 aromatic rings. The number of carbonyl (C=O) groups excluding carboxylic acids is 1. The lowest BCUT2D eigenvalue weighted by atomic mass is 10.2. The molecule has 1 amide bonds. The second-order valence-corrected chi connectivity index (χ2v) is 4.27. The molecule has 1 aromatic carbocycles. The fourth-order valence-corrected chi connectivity index (χ4v) is 1.60. The first-order valence-electron chi connectivity index (χ1n) is 6.59. The molecule has 0 aliphatic carbocycles. The monoisotopic (exact) mass is 266 g/mol. The number of aliphatic hydroxyl groups is 1. The third-order valence-corrected chi connectivity index (χ3v) is 2.66. The third kappa shape index (κ3) is 6.67. The van der Waals surface area contributed by atoms with E-state index in [2.05, 4.69) is 5.32 Å². The van der Waals surface area contributed by atoms with E-state index in [9.17, 15) is 4.79 Å². The van der Waals surface area contributed by atoms with E-state index < -0.39 is 0 Å². The number of rotatable bonds is 9. The second-order valence-electron chi connectivity index (χ2n) is 4.27. The third-order valence-electron chi connectivity index (χ3n) is 2.66. The van der Waals surface area contributed by atoms with Crippen LogP contribution in [0.1, 0.15) is 25.7 Å². The van der Waals surface area contributed by atoms with Crippen LogP contribution < -0.4 is 15.8 Å². The van der Waals surface area contributed by atoms with Crippen molar-refractivity contribution in [3.8, 4) is 5.75 Å². The van der Waals surface area contributed by atoms with Gasteiger partial charge in [0.15, 0.2) is 0 Å². The molecule has 1 rings (SSSR count). The molecule has 0 radical (unpaired) electrons. The highest BCUT2D eigenvalue weighted by Gasteiger charge is 2.03. The van der Waals surface area contributed by atoms with Crippen molar-refractivity contribution in [2.45, 2.75) is 25.7 Å². The van der Waals surface area contributed by atoms with Gasteiger partial charge in [-0.15, -0.1) is 0 Å². The maximum Gasteiger partial charge on any atom is 0.223 e. The van der Waals surface area contributed by atoms with Gasteiger partial charge in [-0.25, -0.2) is 0 Å². The molecular weight excluding hydrogens is 244 g/mol. The molecule has 106 valence electrons. The number of nitrogens with one attached hydrogen (secondary N) is 1. The van der Waals surface area contributed by atoms with Gasteiger partial charge in [0.2, 0.25) is 5.91 Å². The van der Waals surface area contributed by atoms with Crippen molar-refractivity contribution in [2.75, 3.05) is 25.5 Å². The summed E-state index contributed by atoms with van der Waals surface area (Å²) in [6.45, 7) is 1.17. The molecular formula is C14H22N2O3. The number of ether oxygens (including phenoxy) is 1. The van der Waals surface area contributed by atoms with Crippen molar-refractivity contribution in [3.63, 3.8) is 0 Å². The van der Waals surface area contributed by atoms with Gasteiger partial charge in [0, 0.05) is 13.2 Å². The van der Waals surface area contributed by atoms with Crippen LogP contribution >= 0.6 is 0 Å². The number of nitrogen functional groups attached to an aromatic ring is 1. The summed E-state index contributed by atoms with van der Waals surface area (Å²) in [4.78, 5) is 11.5. The Bertz CT molecular complexity index is 383. The largest absolute Gasteiger partial charge is 0.491 e. The molecule has 0 aliphatic rings. The first-order valence-corrected chi connectivity index (χ1v) is 6.59. The molecule has 0 atom stereocenters. The van der Waals surface area contributed by atoms with E-state index in [1.807, 2.05) is 12.1 Å². The van der Waals surface area contributed by atoms with E-state index in [4.69, 9.17) is 15.6 Å². The summed E-state index contributed by atoms with van der Waals surface area (Å²) in [7, 11) is 0. The molecule has 5 heteroatoms. The van der Waals surface area contributed by atoms with Crippen LogP contribution in [0.5, 0.6) is 5.75 Å². The molecule has 0 bridgehead atoms. The van der Waals surface area contributed by atoms with E-state index >= 15 is 0 Å². The predicted molar refractivity (Wildman–Crippen MR) is 74.9 cm³/mol. The Morgan fingerprint density at radius 1 is 1.26 bits per heavy atom. The fraction of sp³-hybridized carbons (Fsp3) is 0.500. The van der Waals surface area contributed by atoms with Gasteiger partial charge in [0.05, 0.1) is 18.7 Å². The Kier molecular flexibility index (Phi) is 7.43. The van der Waals surface area contributed by atoms with E-state index in [1.165, 1.54) is 0 Å². The average Bonchev–Trinajstić information content (AvgIpc) is 2.41. The average molecular weight is 266 g/mol. The van der Waals surface area contributed by atoms with Crippen molar-refractivity contribution < 1.29 is 14.6 Å². The molecule has 0 aromatic heterocycles. The Morgan fingerprint density at radius 3 is 2.79 bits per heavy atom. The fourth-order valence-electron chi connectivity index (χ4n) is 1.60. The van der Waals surface area contributed by atoms with E-state index in [0.717, 1.165) is 19.3 Å². The summed E-state index contributed by atoms with van der Waals surface area (Å²) in [6, 6.07) is 7.22. The highest BCUT2D eigenvalue weighted by atomic mass is 16.5. The van der Waals surface area contributed by atoms with E-state index in [1.54, 1.807) is 12.1 Å². The van der Waals surface area contributed by atoms with Gasteiger partial charge in [-0.1, -0.05) is 12.1 Å². The van der Waals surface area contributed by atoms with Crippen LogP contribution in [-0.4, -0.2) is 30.8 Å². The Morgan fingerprint density at radius 2 is 2.05 bits per heavy atom. The highest BCUT2D eigenvalue weighted by Crippen LogP contribution is 2.19. The molecule has 0 fully saturated rings. The van der Waals surface area contributed by atoms with Crippen molar-refractivity contribution >= 4 is 11.6 Å². The highest BCUT2D eigenvalue weighted by molar-refractivity contribution is 5.75. The first-order chi connectivity index (χ1) is 9.24. The van der Waals surface area contributed by atoms with Crippen LogP contribution in [0.4, 0.5) is 5.69 Å². The molecule has 0 unspecified atom stereocenters. The Labute approximate surface area is 113 Å². The number of unbranched alkanes of at least 4 members (excludes halogenated alkanes) is 2. The molecule has 0 heterocycles. The topological polar surface area (TPSA) is 84.6 Å². The number of amides is 1. The minimum absolute atomic E-state index is 0.0292. The molecule has 0 aliphatic heterocycles. The van der Waals surface area contributed by atoms with Gasteiger partial charge in [0.1, 0.15) is 5.75 Å². The molecule has 4 N–H and O–H groups in total. The van der Waals surface area contributed by atoms with Gasteiger partial charge < -0.3 is 20.9 Å². The number of hydrogen-bond donors (Lipinski definition) is 3. The SMILES string of the molecule is Nc1ccccc1OCCC(=O)NCCCCCO. The van der Waals surface area contributed by atoms with Crippen LogP contribution in [0, 0.1) is 0 Å². The number of aliphatic hydroxyl groups excluding tert-OH is 1. The van der Waals surface area contributed by atoms with Crippen molar-refractivity contribution in [2.24, 2.45) is 0 Å². The summed E-state index contributed by atoms with van der Waals surface area (Å²) in [6.07, 6.45) is 2.91. The van der Waals surface area contributed by atoms with Crippen LogP contribution in [0.2, 0.25) is 0 Å². The van der Waals surface area contributed by atoms with E-state index in [-0.39, 0.29) is 12.5 Å². The zero-order valence-electron chi connectivity index (χ0n) is 11.1. The van der Waals surface area contributed by atoms with Gasteiger partial charge in [-0.3, -0.25) is 4.79 Å². The Balaban J connectivity index is 2.09. The van der Waals surface area contributed by atoms with Crippen LogP contribution in [0.15, 0.2) is 24.3 Å². The lowest BCUT2D eigenvalue weighted by molar-refractivity contribution is -0.121. The zero-order valence-corrected chi connectivity index (χ0v) is 11.1. The van der Waals surface area contributed by atoms with E-state index in [0.29, 0.717) is 31.0 Å². The molecule has 19 heavy (non-hydrogen) atoms. The van der Waals surface area contributed by atoms with Gasteiger partial charge in [0.25, 0.3) is 0 Å². The maximum absolute atomic E-state index is 11.5. The minimum Gasteiger partial charge on any atom is -0.491 e.